The molecule has 0 fully saturated rings. The summed E-state index contributed by atoms with van der Waals surface area (Å²) in [7, 11) is 0. The number of hydrogen-bond acceptors (Lipinski definition) is 3. The van der Waals surface area contributed by atoms with Gasteiger partial charge in [-0.2, -0.15) is 0 Å². The SMILES string of the molecule is CCCCCCCCc1ccc(-c2ccc(C(C)OC(=O)C(C)OCCCCCC)cc2)cc1. The summed E-state index contributed by atoms with van der Waals surface area (Å²) in [6.45, 7) is 8.74. The number of rotatable bonds is 17. The van der Waals surface area contributed by atoms with Gasteiger partial charge in [-0.3, -0.25) is 0 Å². The van der Waals surface area contributed by atoms with Crippen LogP contribution in [0.3, 0.4) is 0 Å². The van der Waals surface area contributed by atoms with Gasteiger partial charge in [-0.1, -0.05) is 114 Å². The van der Waals surface area contributed by atoms with Gasteiger partial charge in [0.05, 0.1) is 0 Å². The van der Waals surface area contributed by atoms with Crippen LogP contribution in [0.2, 0.25) is 0 Å². The summed E-state index contributed by atoms with van der Waals surface area (Å²) in [5, 5.41) is 0. The fraction of sp³-hybridized carbons (Fsp3) is 0.581. The predicted octanol–water partition coefficient (Wildman–Crippen LogP) is 8.85. The zero-order valence-electron chi connectivity index (χ0n) is 22.0. The van der Waals surface area contributed by atoms with Crippen molar-refractivity contribution >= 4 is 5.97 Å². The van der Waals surface area contributed by atoms with Gasteiger partial charge in [0.1, 0.15) is 6.10 Å². The number of carbonyl (C=O) groups is 1. The highest BCUT2D eigenvalue weighted by Crippen LogP contribution is 2.25. The molecule has 0 heterocycles. The third-order valence-corrected chi connectivity index (χ3v) is 6.48. The zero-order valence-corrected chi connectivity index (χ0v) is 22.0. The van der Waals surface area contributed by atoms with E-state index in [1.807, 2.05) is 19.1 Å². The van der Waals surface area contributed by atoms with Crippen molar-refractivity contribution in [1.29, 1.82) is 0 Å². The van der Waals surface area contributed by atoms with Gasteiger partial charge in [0, 0.05) is 6.61 Å². The van der Waals surface area contributed by atoms with Crippen LogP contribution in [-0.2, 0) is 20.7 Å². The molecule has 0 aliphatic rings. The standard InChI is InChI=1S/C31H46O3/c1-5-7-9-11-12-13-15-27-16-18-29(19-17-27)30-22-20-28(21-23-30)25(3)34-31(32)26(4)33-24-14-10-8-6-2/h16-23,25-26H,5-15,24H2,1-4H3. The molecule has 0 N–H and O–H groups in total. The number of aryl methyl sites for hydroxylation is 1. The lowest BCUT2D eigenvalue weighted by atomic mass is 9.99. The molecule has 0 amide bonds. The quantitative estimate of drug-likeness (QED) is 0.172. The van der Waals surface area contributed by atoms with E-state index in [1.54, 1.807) is 6.92 Å². The number of benzene rings is 2. The second-order valence-corrected chi connectivity index (χ2v) is 9.49. The van der Waals surface area contributed by atoms with Crippen molar-refractivity contribution in [2.45, 2.75) is 111 Å². The average Bonchev–Trinajstić information content (AvgIpc) is 2.86. The Labute approximate surface area is 208 Å². The van der Waals surface area contributed by atoms with Crippen molar-refractivity contribution < 1.29 is 14.3 Å². The van der Waals surface area contributed by atoms with Crippen LogP contribution in [0, 0.1) is 0 Å². The Morgan fingerprint density at radius 1 is 0.706 bits per heavy atom. The lowest BCUT2D eigenvalue weighted by molar-refractivity contribution is -0.161. The summed E-state index contributed by atoms with van der Waals surface area (Å²) in [6.07, 6.45) is 12.9. The molecule has 0 aliphatic heterocycles. The highest BCUT2D eigenvalue weighted by atomic mass is 16.6. The number of hydrogen-bond donors (Lipinski definition) is 0. The topological polar surface area (TPSA) is 35.5 Å². The van der Waals surface area contributed by atoms with Gasteiger partial charge in [0.15, 0.2) is 6.10 Å². The van der Waals surface area contributed by atoms with Crippen molar-refractivity contribution in [2.24, 2.45) is 0 Å². The van der Waals surface area contributed by atoms with E-state index in [1.165, 1.54) is 68.1 Å². The second kappa shape index (κ2) is 16.5. The molecule has 0 aliphatic carbocycles. The van der Waals surface area contributed by atoms with Crippen LogP contribution in [0.1, 0.15) is 109 Å². The first-order valence-corrected chi connectivity index (χ1v) is 13.6. The average molecular weight is 467 g/mol. The van der Waals surface area contributed by atoms with Crippen LogP contribution in [-0.4, -0.2) is 18.7 Å². The van der Waals surface area contributed by atoms with E-state index in [9.17, 15) is 4.79 Å². The molecule has 2 aromatic rings. The molecule has 188 valence electrons. The van der Waals surface area contributed by atoms with Gasteiger partial charge in [0.25, 0.3) is 0 Å². The molecule has 0 saturated heterocycles. The molecule has 34 heavy (non-hydrogen) atoms. The van der Waals surface area contributed by atoms with Crippen LogP contribution in [0.25, 0.3) is 11.1 Å². The largest absolute Gasteiger partial charge is 0.456 e. The molecule has 2 aromatic carbocycles. The minimum absolute atomic E-state index is 0.298. The summed E-state index contributed by atoms with van der Waals surface area (Å²) < 4.78 is 11.3. The first kappa shape index (κ1) is 28.1. The Kier molecular flexibility index (Phi) is 13.6. The second-order valence-electron chi connectivity index (χ2n) is 9.49. The number of esters is 1. The molecule has 0 saturated carbocycles. The van der Waals surface area contributed by atoms with E-state index in [-0.39, 0.29) is 12.1 Å². The van der Waals surface area contributed by atoms with Gasteiger partial charge in [-0.15, -0.1) is 0 Å². The predicted molar refractivity (Wildman–Crippen MR) is 143 cm³/mol. The molecule has 0 aromatic heterocycles. The summed E-state index contributed by atoms with van der Waals surface area (Å²) >= 11 is 0. The maximum atomic E-state index is 12.4. The maximum Gasteiger partial charge on any atom is 0.335 e. The van der Waals surface area contributed by atoms with Crippen LogP contribution in [0.5, 0.6) is 0 Å². The van der Waals surface area contributed by atoms with E-state index < -0.39 is 6.10 Å². The van der Waals surface area contributed by atoms with E-state index in [2.05, 4.69) is 50.2 Å². The van der Waals surface area contributed by atoms with Crippen molar-refractivity contribution in [1.82, 2.24) is 0 Å². The molecule has 2 atom stereocenters. The first-order chi connectivity index (χ1) is 16.5. The van der Waals surface area contributed by atoms with Crippen molar-refractivity contribution in [3.05, 3.63) is 59.7 Å². The van der Waals surface area contributed by atoms with Gasteiger partial charge < -0.3 is 9.47 Å². The molecule has 0 bridgehead atoms. The molecule has 3 heteroatoms. The van der Waals surface area contributed by atoms with Crippen molar-refractivity contribution in [3.8, 4) is 11.1 Å². The Balaban J connectivity index is 1.78. The van der Waals surface area contributed by atoms with Crippen molar-refractivity contribution in [3.63, 3.8) is 0 Å². The Hall–Kier alpha value is -2.13. The smallest absolute Gasteiger partial charge is 0.335 e. The van der Waals surface area contributed by atoms with E-state index >= 15 is 0 Å². The fourth-order valence-electron chi connectivity index (χ4n) is 4.11. The highest BCUT2D eigenvalue weighted by Gasteiger charge is 2.19. The van der Waals surface area contributed by atoms with Crippen LogP contribution in [0.15, 0.2) is 48.5 Å². The third kappa shape index (κ3) is 10.4. The van der Waals surface area contributed by atoms with Gasteiger partial charge >= 0.3 is 5.97 Å². The molecular formula is C31H46O3. The minimum Gasteiger partial charge on any atom is -0.456 e. The fourth-order valence-corrected chi connectivity index (χ4v) is 4.11. The number of carbonyl (C=O) groups excluding carboxylic acids is 1. The van der Waals surface area contributed by atoms with Crippen LogP contribution in [0.4, 0.5) is 0 Å². The van der Waals surface area contributed by atoms with Gasteiger partial charge in [-0.05, 0) is 55.4 Å². The highest BCUT2D eigenvalue weighted by molar-refractivity contribution is 5.74. The summed E-state index contributed by atoms with van der Waals surface area (Å²) in [5.74, 6) is -0.298. The van der Waals surface area contributed by atoms with E-state index in [4.69, 9.17) is 9.47 Å². The zero-order chi connectivity index (χ0) is 24.6. The molecule has 2 rings (SSSR count). The maximum absolute atomic E-state index is 12.4. The molecule has 3 nitrogen and oxygen atoms in total. The van der Waals surface area contributed by atoms with E-state index in [0.717, 1.165) is 24.8 Å². The number of ether oxygens (including phenoxy) is 2. The molecular weight excluding hydrogens is 420 g/mol. The number of unbranched alkanes of at least 4 members (excludes halogenated alkanes) is 8. The lowest BCUT2D eigenvalue weighted by Crippen LogP contribution is -2.25. The van der Waals surface area contributed by atoms with Crippen LogP contribution < -0.4 is 0 Å². The Morgan fingerprint density at radius 2 is 1.24 bits per heavy atom. The van der Waals surface area contributed by atoms with Gasteiger partial charge in [0.2, 0.25) is 0 Å². The van der Waals surface area contributed by atoms with E-state index in [0.29, 0.717) is 6.61 Å². The molecule has 0 radical (unpaired) electrons. The molecule has 2 unspecified atom stereocenters. The molecule has 0 spiro atoms. The minimum atomic E-state index is -0.529. The summed E-state index contributed by atoms with van der Waals surface area (Å²) in [5.41, 5.74) is 4.80. The van der Waals surface area contributed by atoms with Gasteiger partial charge in [-0.25, -0.2) is 4.79 Å². The van der Waals surface area contributed by atoms with Crippen LogP contribution >= 0.6 is 0 Å². The first-order valence-electron chi connectivity index (χ1n) is 13.6. The monoisotopic (exact) mass is 466 g/mol. The lowest BCUT2D eigenvalue weighted by Gasteiger charge is -2.18. The Morgan fingerprint density at radius 3 is 1.85 bits per heavy atom. The Bertz CT molecular complexity index is 794. The third-order valence-electron chi connectivity index (χ3n) is 6.48. The summed E-state index contributed by atoms with van der Waals surface area (Å²) in [6, 6.07) is 17.2. The summed E-state index contributed by atoms with van der Waals surface area (Å²) in [4.78, 5) is 12.4. The van der Waals surface area contributed by atoms with Crippen molar-refractivity contribution in [2.75, 3.05) is 6.61 Å². The normalized spacial score (nSPS) is 12.9.